The summed E-state index contributed by atoms with van der Waals surface area (Å²) in [6.45, 7) is 0. The second kappa shape index (κ2) is 9.89. The van der Waals surface area contributed by atoms with Gasteiger partial charge in [0.2, 0.25) is 0 Å². The molecule has 3 atom stereocenters. The molecular formula is C26H24N2O9S2. The zero-order valence-corrected chi connectivity index (χ0v) is 22.5. The number of likely N-dealkylation sites (tertiary alicyclic amines) is 1. The van der Waals surface area contributed by atoms with Gasteiger partial charge in [0.25, 0.3) is 10.0 Å². The van der Waals surface area contributed by atoms with Crippen LogP contribution in [0, 0.1) is 0 Å². The second-order valence-electron chi connectivity index (χ2n) is 8.86. The van der Waals surface area contributed by atoms with Crippen LogP contribution < -0.4 is 8.49 Å². The van der Waals surface area contributed by atoms with Crippen molar-refractivity contribution in [1.29, 1.82) is 0 Å². The molecule has 1 amide bonds. The molecule has 0 aliphatic carbocycles. The first-order valence-corrected chi connectivity index (χ1v) is 14.6. The molecule has 3 aromatic rings. The van der Waals surface area contributed by atoms with E-state index in [0.29, 0.717) is 5.56 Å². The number of carbonyl (C=O) groups is 2. The SMILES string of the molecule is COC(=O)[C@@H]1C[C@@H]2c3cc(OS(=O)(=O)c4ccccc4)ccc3N(S(=O)(=O)c3ccccc3)[C@@H]2N1C(=O)OC. The number of fused-ring (bicyclic) bond motifs is 3. The van der Waals surface area contributed by atoms with E-state index in [9.17, 15) is 26.4 Å². The molecule has 3 aromatic carbocycles. The van der Waals surface area contributed by atoms with Gasteiger partial charge in [-0.05, 0) is 54.4 Å². The van der Waals surface area contributed by atoms with E-state index in [2.05, 4.69) is 0 Å². The minimum Gasteiger partial charge on any atom is -0.467 e. The van der Waals surface area contributed by atoms with E-state index in [0.717, 1.165) is 16.3 Å². The first-order chi connectivity index (χ1) is 18.6. The molecule has 0 unspecified atom stereocenters. The fourth-order valence-corrected chi connectivity index (χ4v) is 7.70. The molecule has 2 heterocycles. The fourth-order valence-electron chi connectivity index (χ4n) is 5.07. The van der Waals surface area contributed by atoms with Crippen molar-refractivity contribution in [1.82, 2.24) is 4.90 Å². The third kappa shape index (κ3) is 4.46. The van der Waals surface area contributed by atoms with Crippen molar-refractivity contribution in [3.8, 4) is 5.75 Å². The molecule has 0 aromatic heterocycles. The van der Waals surface area contributed by atoms with E-state index < -0.39 is 50.3 Å². The molecule has 13 heteroatoms. The minimum atomic E-state index is -4.26. The lowest BCUT2D eigenvalue weighted by Crippen LogP contribution is -2.53. The first-order valence-electron chi connectivity index (χ1n) is 11.8. The van der Waals surface area contributed by atoms with Gasteiger partial charge in [-0.3, -0.25) is 4.90 Å². The molecule has 2 aliphatic heterocycles. The van der Waals surface area contributed by atoms with Gasteiger partial charge >= 0.3 is 22.2 Å². The number of nitrogens with zero attached hydrogens (tertiary/aromatic N) is 2. The Morgan fingerprint density at radius 2 is 1.44 bits per heavy atom. The summed E-state index contributed by atoms with van der Waals surface area (Å²) >= 11 is 0. The summed E-state index contributed by atoms with van der Waals surface area (Å²) in [4.78, 5) is 26.6. The molecule has 0 spiro atoms. The zero-order valence-electron chi connectivity index (χ0n) is 20.8. The van der Waals surface area contributed by atoms with E-state index >= 15 is 0 Å². The van der Waals surface area contributed by atoms with E-state index in [1.807, 2.05) is 0 Å². The Balaban J connectivity index is 1.65. The lowest BCUT2D eigenvalue weighted by atomic mass is 9.96. The summed E-state index contributed by atoms with van der Waals surface area (Å²) in [5, 5.41) is 0. The van der Waals surface area contributed by atoms with Gasteiger partial charge in [0.05, 0.1) is 24.8 Å². The smallest absolute Gasteiger partial charge is 0.411 e. The molecule has 5 rings (SSSR count). The summed E-state index contributed by atoms with van der Waals surface area (Å²) in [6, 6.07) is 18.2. The normalized spacial score (nSPS) is 20.2. The molecule has 0 N–H and O–H groups in total. The molecule has 1 fully saturated rings. The maximum Gasteiger partial charge on any atom is 0.411 e. The maximum absolute atomic E-state index is 13.9. The Kier molecular flexibility index (Phi) is 6.72. The summed E-state index contributed by atoms with van der Waals surface area (Å²) in [6.07, 6.45) is -2.08. The quantitative estimate of drug-likeness (QED) is 0.322. The number of hydrogen-bond donors (Lipinski definition) is 0. The van der Waals surface area contributed by atoms with Crippen molar-refractivity contribution >= 4 is 37.9 Å². The van der Waals surface area contributed by atoms with Gasteiger partial charge < -0.3 is 13.7 Å². The van der Waals surface area contributed by atoms with E-state index in [-0.39, 0.29) is 27.6 Å². The van der Waals surface area contributed by atoms with Gasteiger partial charge in [-0.2, -0.15) is 8.42 Å². The lowest BCUT2D eigenvalue weighted by molar-refractivity contribution is -0.145. The van der Waals surface area contributed by atoms with E-state index in [1.165, 1.54) is 49.6 Å². The molecule has 204 valence electrons. The average Bonchev–Trinajstić information content (AvgIpc) is 3.48. The molecule has 11 nitrogen and oxygen atoms in total. The predicted octanol–water partition coefficient (Wildman–Crippen LogP) is 3.09. The van der Waals surface area contributed by atoms with E-state index in [4.69, 9.17) is 13.7 Å². The zero-order chi connectivity index (χ0) is 27.9. The number of anilines is 1. The van der Waals surface area contributed by atoms with Gasteiger partial charge in [-0.1, -0.05) is 36.4 Å². The van der Waals surface area contributed by atoms with Crippen LogP contribution in [0.2, 0.25) is 0 Å². The standard InChI is InChI=1S/C26H24N2O9S2/c1-35-25(29)23-16-21-20-15-17(37-39(33,34)19-11-7-4-8-12-19)13-14-22(20)28(24(21)27(23)26(30)36-2)38(31,32)18-9-5-3-6-10-18/h3-15,21,23-24H,16H2,1-2H3/t21-,23+,24+/m1/s1. The van der Waals surface area contributed by atoms with Crippen LogP contribution in [0.4, 0.5) is 10.5 Å². The minimum absolute atomic E-state index is 0.00907. The topological polar surface area (TPSA) is 137 Å². The highest BCUT2D eigenvalue weighted by Crippen LogP contribution is 2.53. The molecule has 2 aliphatic rings. The largest absolute Gasteiger partial charge is 0.467 e. The highest BCUT2D eigenvalue weighted by atomic mass is 32.2. The van der Waals surface area contributed by atoms with Crippen molar-refractivity contribution in [3.05, 3.63) is 84.4 Å². The molecule has 0 radical (unpaired) electrons. The summed E-state index contributed by atoms with van der Waals surface area (Å²) < 4.78 is 69.8. The van der Waals surface area contributed by atoms with Crippen LogP contribution in [0.3, 0.4) is 0 Å². The summed E-state index contributed by atoms with van der Waals surface area (Å²) in [5.41, 5.74) is 0.608. The Morgan fingerprint density at radius 1 is 0.821 bits per heavy atom. The maximum atomic E-state index is 13.9. The Bertz CT molecular complexity index is 1630. The van der Waals surface area contributed by atoms with Gasteiger partial charge in [-0.15, -0.1) is 0 Å². The average molecular weight is 573 g/mol. The van der Waals surface area contributed by atoms with Gasteiger partial charge in [0, 0.05) is 5.92 Å². The van der Waals surface area contributed by atoms with Crippen molar-refractivity contribution in [2.45, 2.75) is 34.3 Å². The molecule has 1 saturated heterocycles. The van der Waals surface area contributed by atoms with Crippen LogP contribution in [0.1, 0.15) is 17.9 Å². The second-order valence-corrected chi connectivity index (χ2v) is 12.2. The molecule has 0 saturated carbocycles. The van der Waals surface area contributed by atoms with Crippen molar-refractivity contribution in [2.24, 2.45) is 0 Å². The molecule has 39 heavy (non-hydrogen) atoms. The van der Waals surface area contributed by atoms with Crippen molar-refractivity contribution in [3.63, 3.8) is 0 Å². The summed E-state index contributed by atoms with van der Waals surface area (Å²) in [5.74, 6) is -1.52. The van der Waals surface area contributed by atoms with Crippen molar-refractivity contribution in [2.75, 3.05) is 18.5 Å². The highest BCUT2D eigenvalue weighted by Gasteiger charge is 2.58. The molecular weight excluding hydrogens is 548 g/mol. The number of rotatable bonds is 6. The monoisotopic (exact) mass is 572 g/mol. The number of methoxy groups -OCH3 is 2. The van der Waals surface area contributed by atoms with Crippen LogP contribution in [0.15, 0.2) is 88.7 Å². The number of benzene rings is 3. The fraction of sp³-hybridized carbons (Fsp3) is 0.231. The lowest BCUT2D eigenvalue weighted by Gasteiger charge is -2.34. The Hall–Kier alpha value is -4.10. The molecule has 0 bridgehead atoms. The van der Waals surface area contributed by atoms with Gasteiger partial charge in [0.15, 0.2) is 0 Å². The number of sulfonamides is 1. The number of esters is 1. The van der Waals surface area contributed by atoms with Crippen LogP contribution in [-0.4, -0.2) is 60.2 Å². The van der Waals surface area contributed by atoms with Crippen molar-refractivity contribution < 1.29 is 40.1 Å². The number of carbonyl (C=O) groups excluding carboxylic acids is 2. The van der Waals surface area contributed by atoms with Gasteiger partial charge in [-0.25, -0.2) is 22.3 Å². The van der Waals surface area contributed by atoms with Gasteiger partial charge in [0.1, 0.15) is 22.9 Å². The Labute approximate surface area is 225 Å². The van der Waals surface area contributed by atoms with Crippen LogP contribution in [0.25, 0.3) is 0 Å². The number of amides is 1. The predicted molar refractivity (Wildman–Crippen MR) is 138 cm³/mol. The number of ether oxygens (including phenoxy) is 2. The van der Waals surface area contributed by atoms with Crippen LogP contribution >= 0.6 is 0 Å². The highest BCUT2D eigenvalue weighted by molar-refractivity contribution is 7.93. The third-order valence-electron chi connectivity index (χ3n) is 6.73. The Morgan fingerprint density at radius 3 is 2.03 bits per heavy atom. The van der Waals surface area contributed by atoms with Crippen LogP contribution in [-0.2, 0) is 34.4 Å². The first kappa shape index (κ1) is 26.5. The van der Waals surface area contributed by atoms with E-state index in [1.54, 1.807) is 36.4 Å². The van der Waals surface area contributed by atoms with Crippen LogP contribution in [0.5, 0.6) is 5.75 Å². The summed E-state index contributed by atoms with van der Waals surface area (Å²) in [7, 11) is -6.15. The third-order valence-corrected chi connectivity index (χ3v) is 9.79. The number of hydrogen-bond acceptors (Lipinski definition) is 9.